The largest absolute Gasteiger partial charge is 0.489 e. The minimum absolute atomic E-state index is 0.0986. The summed E-state index contributed by atoms with van der Waals surface area (Å²) in [5, 5.41) is 9.10. The van der Waals surface area contributed by atoms with Gasteiger partial charge in [0.25, 0.3) is 11.5 Å². The molecule has 0 fully saturated rings. The molecule has 0 aliphatic heterocycles. The van der Waals surface area contributed by atoms with Crippen LogP contribution in [-0.4, -0.2) is 10.9 Å². The van der Waals surface area contributed by atoms with E-state index in [1.165, 1.54) is 24.3 Å². The number of amides is 1. The number of nitrogens with one attached hydrogen (secondary N) is 1. The monoisotopic (exact) mass is 413 g/mol. The van der Waals surface area contributed by atoms with Crippen LogP contribution in [-0.2, 0) is 12.8 Å². The number of hydrogen-bond acceptors (Lipinski definition) is 4. The third-order valence-corrected chi connectivity index (χ3v) is 4.29. The highest BCUT2D eigenvalue weighted by Gasteiger charge is 2.36. The molecule has 3 aromatic rings. The molecule has 0 unspecified atom stereocenters. The number of H-pyrrole nitrogens is 1. The van der Waals surface area contributed by atoms with Crippen molar-refractivity contribution in [1.82, 2.24) is 4.98 Å². The molecule has 1 heterocycles. The van der Waals surface area contributed by atoms with E-state index in [1.54, 1.807) is 29.2 Å². The summed E-state index contributed by atoms with van der Waals surface area (Å²) in [4.78, 5) is 24.8. The van der Waals surface area contributed by atoms with E-state index in [1.807, 2.05) is 6.07 Å². The van der Waals surface area contributed by atoms with Crippen LogP contribution in [0.2, 0.25) is 0 Å². The lowest BCUT2D eigenvalue weighted by Gasteiger charge is -2.14. The highest BCUT2D eigenvalue weighted by molar-refractivity contribution is 5.94. The number of nitrogens with two attached hydrogens (primary N) is 1. The number of ether oxygens (including phenoxy) is 1. The average molecular weight is 413 g/mol. The second kappa shape index (κ2) is 8.13. The molecule has 152 valence electrons. The number of aromatic amines is 1. The van der Waals surface area contributed by atoms with E-state index in [9.17, 15) is 22.8 Å². The topological polar surface area (TPSA) is 109 Å². The number of rotatable bonds is 5. The van der Waals surface area contributed by atoms with Crippen LogP contribution in [0.1, 0.15) is 27.2 Å². The molecule has 3 N–H and O–H groups in total. The van der Waals surface area contributed by atoms with Crippen LogP contribution < -0.4 is 16.0 Å². The number of nitrogens with zero attached hydrogens (tertiary/aromatic N) is 1. The summed E-state index contributed by atoms with van der Waals surface area (Å²) in [5.41, 5.74) is 2.83. The Bertz CT molecular complexity index is 1190. The summed E-state index contributed by atoms with van der Waals surface area (Å²) < 4.78 is 45.7. The summed E-state index contributed by atoms with van der Waals surface area (Å²) in [6.45, 7) is 0.0986. The number of hydrogen-bond donors (Lipinski definition) is 2. The maximum Gasteiger partial charge on any atom is 0.431 e. The number of carbonyl (C=O) groups is 1. The van der Waals surface area contributed by atoms with Gasteiger partial charge in [0, 0.05) is 11.1 Å². The first-order valence-corrected chi connectivity index (χ1v) is 8.56. The summed E-state index contributed by atoms with van der Waals surface area (Å²) >= 11 is 0. The van der Waals surface area contributed by atoms with Crippen molar-refractivity contribution in [3.8, 4) is 22.9 Å². The zero-order chi connectivity index (χ0) is 21.9. The van der Waals surface area contributed by atoms with Gasteiger partial charge in [0.2, 0.25) is 0 Å². The Morgan fingerprint density at radius 3 is 2.40 bits per heavy atom. The fourth-order valence-electron chi connectivity index (χ4n) is 2.81. The van der Waals surface area contributed by atoms with E-state index in [0.717, 1.165) is 6.07 Å². The standard InChI is InChI=1S/C21H14F3N3O3/c22-21(23,24)18-16(9-17(19(26)28)20(29)27-18)12-5-7-15(8-6-12)30-11-14-4-2-1-3-13(14)10-25/h1-9H,11H2,(H2,26,28)(H,27,29). The average Bonchev–Trinajstić information content (AvgIpc) is 2.71. The van der Waals surface area contributed by atoms with E-state index in [2.05, 4.69) is 0 Å². The minimum atomic E-state index is -4.85. The molecule has 2 aromatic carbocycles. The van der Waals surface area contributed by atoms with Crippen molar-refractivity contribution >= 4 is 5.91 Å². The van der Waals surface area contributed by atoms with Gasteiger partial charge in [-0.25, -0.2) is 0 Å². The van der Waals surface area contributed by atoms with E-state index < -0.39 is 34.5 Å². The molecule has 3 rings (SSSR count). The molecule has 0 atom stereocenters. The quantitative estimate of drug-likeness (QED) is 0.666. The Labute approximate surface area is 168 Å². The van der Waals surface area contributed by atoms with Gasteiger partial charge in [-0.1, -0.05) is 30.3 Å². The number of alkyl halides is 3. The zero-order valence-corrected chi connectivity index (χ0v) is 15.3. The molecule has 1 aromatic heterocycles. The van der Waals surface area contributed by atoms with E-state index in [0.29, 0.717) is 16.9 Å². The molecule has 9 heteroatoms. The first-order valence-electron chi connectivity index (χ1n) is 8.56. The van der Waals surface area contributed by atoms with Gasteiger partial charge in [0.05, 0.1) is 11.6 Å². The maximum absolute atomic E-state index is 13.4. The summed E-state index contributed by atoms with van der Waals surface area (Å²) in [5.74, 6) is -0.776. The molecular weight excluding hydrogens is 399 g/mol. The summed E-state index contributed by atoms with van der Waals surface area (Å²) in [6.07, 6.45) is -4.85. The fraction of sp³-hybridized carbons (Fsp3) is 0.0952. The highest BCUT2D eigenvalue weighted by atomic mass is 19.4. The molecule has 1 amide bonds. The maximum atomic E-state index is 13.4. The molecule has 0 aliphatic rings. The van der Waals surface area contributed by atoms with Gasteiger partial charge < -0.3 is 15.5 Å². The summed E-state index contributed by atoms with van der Waals surface area (Å²) in [6, 6.07) is 15.3. The molecule has 0 saturated carbocycles. The Morgan fingerprint density at radius 1 is 1.13 bits per heavy atom. The van der Waals surface area contributed by atoms with E-state index in [-0.39, 0.29) is 12.2 Å². The molecule has 30 heavy (non-hydrogen) atoms. The van der Waals surface area contributed by atoms with Gasteiger partial charge in [-0.05, 0) is 29.8 Å². The molecule has 0 radical (unpaired) electrons. The van der Waals surface area contributed by atoms with Crippen molar-refractivity contribution in [2.75, 3.05) is 0 Å². The van der Waals surface area contributed by atoms with Crippen molar-refractivity contribution < 1.29 is 22.7 Å². The normalized spacial score (nSPS) is 11.0. The Morgan fingerprint density at radius 2 is 1.80 bits per heavy atom. The molecular formula is C21H14F3N3O3. The number of nitriles is 1. The molecule has 6 nitrogen and oxygen atoms in total. The van der Waals surface area contributed by atoms with Crippen molar-refractivity contribution in [3.63, 3.8) is 0 Å². The second-order valence-electron chi connectivity index (χ2n) is 6.24. The van der Waals surface area contributed by atoms with Crippen LogP contribution in [0.25, 0.3) is 11.1 Å². The van der Waals surface area contributed by atoms with Crippen LogP contribution in [0.4, 0.5) is 13.2 Å². The third-order valence-electron chi connectivity index (χ3n) is 4.29. The van der Waals surface area contributed by atoms with Gasteiger partial charge in [-0.2, -0.15) is 18.4 Å². The van der Waals surface area contributed by atoms with E-state index >= 15 is 0 Å². The van der Waals surface area contributed by atoms with Crippen LogP contribution >= 0.6 is 0 Å². The lowest BCUT2D eigenvalue weighted by atomic mass is 10.0. The van der Waals surface area contributed by atoms with Crippen molar-refractivity contribution in [2.24, 2.45) is 5.73 Å². The van der Waals surface area contributed by atoms with Crippen LogP contribution in [0, 0.1) is 11.3 Å². The molecule has 0 bridgehead atoms. The molecule has 0 aliphatic carbocycles. The van der Waals surface area contributed by atoms with Crippen molar-refractivity contribution in [1.29, 1.82) is 5.26 Å². The molecule has 0 spiro atoms. The van der Waals surface area contributed by atoms with E-state index in [4.69, 9.17) is 15.7 Å². The second-order valence-corrected chi connectivity index (χ2v) is 6.24. The number of carbonyl (C=O) groups excluding carboxylic acids is 1. The number of aromatic nitrogens is 1. The number of pyridine rings is 1. The Hall–Kier alpha value is -4.06. The smallest absolute Gasteiger partial charge is 0.431 e. The Balaban J connectivity index is 1.92. The molecule has 0 saturated heterocycles. The fourth-order valence-corrected chi connectivity index (χ4v) is 2.81. The van der Waals surface area contributed by atoms with Gasteiger partial charge >= 0.3 is 6.18 Å². The van der Waals surface area contributed by atoms with Crippen LogP contribution in [0.15, 0.2) is 59.4 Å². The lowest BCUT2D eigenvalue weighted by molar-refractivity contribution is -0.140. The predicted octanol–water partition coefficient (Wildman–Crippen LogP) is 3.61. The van der Waals surface area contributed by atoms with Gasteiger partial charge in [-0.3, -0.25) is 9.59 Å². The Kier molecular flexibility index (Phi) is 5.60. The van der Waals surface area contributed by atoms with Crippen LogP contribution in [0.5, 0.6) is 5.75 Å². The number of halogens is 3. The van der Waals surface area contributed by atoms with Gasteiger partial charge in [0.1, 0.15) is 23.6 Å². The highest BCUT2D eigenvalue weighted by Crippen LogP contribution is 2.35. The third kappa shape index (κ3) is 4.33. The predicted molar refractivity (Wildman–Crippen MR) is 102 cm³/mol. The number of benzene rings is 2. The zero-order valence-electron chi connectivity index (χ0n) is 15.3. The van der Waals surface area contributed by atoms with Crippen molar-refractivity contribution in [3.05, 3.63) is 87.3 Å². The number of primary amides is 1. The first kappa shape index (κ1) is 20.7. The SMILES string of the molecule is N#Cc1ccccc1COc1ccc(-c2cc(C(N)=O)c(=O)[nH]c2C(F)(F)F)cc1. The minimum Gasteiger partial charge on any atom is -0.489 e. The van der Waals surface area contributed by atoms with Gasteiger partial charge in [-0.15, -0.1) is 0 Å². The first-order chi connectivity index (χ1) is 14.2. The lowest BCUT2D eigenvalue weighted by Crippen LogP contribution is -2.27. The van der Waals surface area contributed by atoms with Crippen LogP contribution in [0.3, 0.4) is 0 Å². The summed E-state index contributed by atoms with van der Waals surface area (Å²) in [7, 11) is 0. The van der Waals surface area contributed by atoms with Crippen molar-refractivity contribution in [2.45, 2.75) is 12.8 Å². The van der Waals surface area contributed by atoms with Gasteiger partial charge in [0.15, 0.2) is 0 Å².